The van der Waals surface area contributed by atoms with Crippen LogP contribution in [0.15, 0.2) is 24.3 Å². The van der Waals surface area contributed by atoms with Crippen LogP contribution in [0.4, 0.5) is 5.69 Å². The lowest BCUT2D eigenvalue weighted by atomic mass is 9.83. The molecule has 0 aliphatic heterocycles. The molecule has 0 radical (unpaired) electrons. The summed E-state index contributed by atoms with van der Waals surface area (Å²) in [6.07, 6.45) is 6.80. The number of hydrogen-bond acceptors (Lipinski definition) is 2. The molecule has 0 heterocycles. The van der Waals surface area contributed by atoms with Crippen LogP contribution >= 0.6 is 0 Å². The minimum atomic E-state index is 0.868. The van der Waals surface area contributed by atoms with Crippen LogP contribution in [0.5, 0.6) is 0 Å². The fraction of sp³-hybridized carbons (Fsp3) is 0.571. The van der Waals surface area contributed by atoms with E-state index in [0.717, 1.165) is 24.6 Å². The summed E-state index contributed by atoms with van der Waals surface area (Å²) in [7, 11) is 0. The molecule has 0 spiro atoms. The Morgan fingerprint density at radius 2 is 2.12 bits per heavy atom. The van der Waals surface area contributed by atoms with Crippen LogP contribution < -0.4 is 11.1 Å². The minimum absolute atomic E-state index is 0.868. The summed E-state index contributed by atoms with van der Waals surface area (Å²) in [6.45, 7) is 2.24. The first kappa shape index (κ1) is 11.5. The fourth-order valence-corrected chi connectivity index (χ4v) is 2.19. The molecule has 1 saturated carbocycles. The molecule has 2 heteroatoms. The van der Waals surface area contributed by atoms with Gasteiger partial charge in [-0.15, -0.1) is 0 Å². The Hall–Kier alpha value is -1.02. The van der Waals surface area contributed by atoms with Crippen molar-refractivity contribution in [1.29, 1.82) is 0 Å². The Bertz CT molecular complexity index is 318. The van der Waals surface area contributed by atoms with E-state index in [9.17, 15) is 0 Å². The van der Waals surface area contributed by atoms with Crippen molar-refractivity contribution in [3.63, 3.8) is 0 Å². The summed E-state index contributed by atoms with van der Waals surface area (Å²) in [6, 6.07) is 8.17. The van der Waals surface area contributed by atoms with Crippen LogP contribution in [0.2, 0.25) is 0 Å². The van der Waals surface area contributed by atoms with Gasteiger partial charge in [-0.05, 0) is 49.5 Å². The number of nitrogens with two attached hydrogens (primary N) is 1. The number of anilines is 1. The predicted molar refractivity (Wildman–Crippen MR) is 69.4 cm³/mol. The van der Waals surface area contributed by atoms with Gasteiger partial charge in [-0.25, -0.2) is 0 Å². The Balaban J connectivity index is 1.56. The third-order valence-electron chi connectivity index (χ3n) is 3.50. The van der Waals surface area contributed by atoms with Gasteiger partial charge in [0.2, 0.25) is 0 Å². The highest BCUT2D eigenvalue weighted by Gasteiger charge is 2.15. The summed E-state index contributed by atoms with van der Waals surface area (Å²) in [5.41, 5.74) is 7.93. The first-order valence-corrected chi connectivity index (χ1v) is 6.40. The van der Waals surface area contributed by atoms with Crippen molar-refractivity contribution in [1.82, 2.24) is 5.32 Å². The second kappa shape index (κ2) is 5.90. The van der Waals surface area contributed by atoms with E-state index in [4.69, 9.17) is 5.73 Å². The maximum atomic E-state index is 5.73. The average molecular weight is 218 g/mol. The molecule has 0 saturated heterocycles. The van der Waals surface area contributed by atoms with Gasteiger partial charge in [-0.2, -0.15) is 0 Å². The molecule has 0 amide bonds. The zero-order chi connectivity index (χ0) is 11.2. The molecule has 2 nitrogen and oxygen atoms in total. The summed E-state index contributed by atoms with van der Waals surface area (Å²) in [4.78, 5) is 0. The van der Waals surface area contributed by atoms with E-state index in [2.05, 4.69) is 17.4 Å². The van der Waals surface area contributed by atoms with Gasteiger partial charge in [0.05, 0.1) is 0 Å². The molecular formula is C14H22N2. The lowest BCUT2D eigenvalue weighted by Crippen LogP contribution is -2.23. The van der Waals surface area contributed by atoms with Crippen molar-refractivity contribution in [3.05, 3.63) is 29.8 Å². The molecular weight excluding hydrogens is 196 g/mol. The van der Waals surface area contributed by atoms with Crippen LogP contribution in [0, 0.1) is 5.92 Å². The third-order valence-corrected chi connectivity index (χ3v) is 3.50. The topological polar surface area (TPSA) is 38.0 Å². The normalized spacial score (nSPS) is 16.0. The highest BCUT2D eigenvalue weighted by molar-refractivity contribution is 5.40. The van der Waals surface area contributed by atoms with Crippen molar-refractivity contribution >= 4 is 5.69 Å². The van der Waals surface area contributed by atoms with Gasteiger partial charge < -0.3 is 11.1 Å². The number of nitrogen functional groups attached to an aromatic ring is 1. The number of rotatable bonds is 6. The molecule has 1 fully saturated rings. The second-order valence-corrected chi connectivity index (χ2v) is 4.83. The van der Waals surface area contributed by atoms with Gasteiger partial charge in [0.1, 0.15) is 0 Å². The maximum Gasteiger partial charge on any atom is 0.0316 e. The molecule has 0 bridgehead atoms. The first-order valence-electron chi connectivity index (χ1n) is 6.40. The van der Waals surface area contributed by atoms with Gasteiger partial charge in [0, 0.05) is 5.69 Å². The van der Waals surface area contributed by atoms with E-state index < -0.39 is 0 Å². The molecule has 16 heavy (non-hydrogen) atoms. The molecule has 88 valence electrons. The minimum Gasteiger partial charge on any atom is -0.399 e. The van der Waals surface area contributed by atoms with Crippen molar-refractivity contribution in [3.8, 4) is 0 Å². The fourth-order valence-electron chi connectivity index (χ4n) is 2.19. The van der Waals surface area contributed by atoms with E-state index in [-0.39, 0.29) is 0 Å². The predicted octanol–water partition coefficient (Wildman–Crippen LogP) is 2.59. The molecule has 0 unspecified atom stereocenters. The van der Waals surface area contributed by atoms with Gasteiger partial charge in [-0.3, -0.25) is 0 Å². The van der Waals surface area contributed by atoms with Crippen LogP contribution in [-0.4, -0.2) is 13.1 Å². The van der Waals surface area contributed by atoms with Gasteiger partial charge >= 0.3 is 0 Å². The maximum absolute atomic E-state index is 5.73. The Morgan fingerprint density at radius 1 is 1.25 bits per heavy atom. The monoisotopic (exact) mass is 218 g/mol. The average Bonchev–Trinajstić information content (AvgIpc) is 2.20. The largest absolute Gasteiger partial charge is 0.399 e. The second-order valence-electron chi connectivity index (χ2n) is 4.83. The molecule has 2 rings (SSSR count). The summed E-state index contributed by atoms with van der Waals surface area (Å²) < 4.78 is 0. The standard InChI is InChI=1S/C14H22N2/c15-14-6-2-5-13(11-14)8-10-16-9-7-12-3-1-4-12/h2,5-6,11-12,16H,1,3-4,7-10,15H2. The molecule has 0 atom stereocenters. The van der Waals surface area contributed by atoms with Crippen molar-refractivity contribution in [2.45, 2.75) is 32.1 Å². The molecule has 1 aliphatic rings. The van der Waals surface area contributed by atoms with Crippen molar-refractivity contribution in [2.24, 2.45) is 5.92 Å². The van der Waals surface area contributed by atoms with E-state index in [0.29, 0.717) is 0 Å². The first-order chi connectivity index (χ1) is 7.84. The number of hydrogen-bond donors (Lipinski definition) is 2. The van der Waals surface area contributed by atoms with E-state index in [1.165, 1.54) is 37.8 Å². The number of benzene rings is 1. The molecule has 0 aromatic heterocycles. The Morgan fingerprint density at radius 3 is 2.81 bits per heavy atom. The van der Waals surface area contributed by atoms with E-state index in [1.807, 2.05) is 12.1 Å². The lowest BCUT2D eigenvalue weighted by molar-refractivity contribution is 0.292. The quantitative estimate of drug-likeness (QED) is 0.569. The molecule has 1 aromatic rings. The number of nitrogens with one attached hydrogen (secondary N) is 1. The van der Waals surface area contributed by atoms with Gasteiger partial charge in [0.25, 0.3) is 0 Å². The highest BCUT2D eigenvalue weighted by Crippen LogP contribution is 2.28. The van der Waals surface area contributed by atoms with Gasteiger partial charge in [0.15, 0.2) is 0 Å². The zero-order valence-electron chi connectivity index (χ0n) is 9.91. The Labute approximate surface area is 98.2 Å². The molecule has 3 N–H and O–H groups in total. The summed E-state index contributed by atoms with van der Waals surface area (Å²) >= 11 is 0. The third kappa shape index (κ3) is 3.53. The lowest BCUT2D eigenvalue weighted by Gasteiger charge is -2.25. The van der Waals surface area contributed by atoms with Crippen LogP contribution in [-0.2, 0) is 6.42 Å². The molecule has 1 aromatic carbocycles. The van der Waals surface area contributed by atoms with Crippen molar-refractivity contribution < 1.29 is 0 Å². The Kier molecular flexibility index (Phi) is 4.23. The SMILES string of the molecule is Nc1cccc(CCNCCC2CCC2)c1. The molecule has 1 aliphatic carbocycles. The van der Waals surface area contributed by atoms with Crippen molar-refractivity contribution in [2.75, 3.05) is 18.8 Å². The highest BCUT2D eigenvalue weighted by atomic mass is 14.8. The summed E-state index contributed by atoms with van der Waals surface area (Å²) in [5.74, 6) is 1.01. The van der Waals surface area contributed by atoms with E-state index in [1.54, 1.807) is 0 Å². The smallest absolute Gasteiger partial charge is 0.0316 e. The van der Waals surface area contributed by atoms with Crippen LogP contribution in [0.3, 0.4) is 0 Å². The van der Waals surface area contributed by atoms with Crippen LogP contribution in [0.1, 0.15) is 31.2 Å². The zero-order valence-corrected chi connectivity index (χ0v) is 9.91. The van der Waals surface area contributed by atoms with E-state index >= 15 is 0 Å². The summed E-state index contributed by atoms with van der Waals surface area (Å²) in [5, 5.41) is 3.51. The van der Waals surface area contributed by atoms with Gasteiger partial charge in [-0.1, -0.05) is 31.4 Å². The van der Waals surface area contributed by atoms with Crippen LogP contribution in [0.25, 0.3) is 0 Å².